The Balaban J connectivity index is -0.000000635. The Kier molecular flexibility index (Phi) is 26.7. The van der Waals surface area contributed by atoms with Gasteiger partial charge < -0.3 is 58.7 Å². The van der Waals surface area contributed by atoms with Crippen molar-refractivity contribution in [3.05, 3.63) is 10.6 Å². The average molecular weight is 899 g/mol. The number of carbonyl (C=O) groups is 6. The first-order chi connectivity index (χ1) is 21.4. The molecule has 2 aliphatic heterocycles. The number of aliphatic hydroxyl groups is 1. The number of amides is 4. The van der Waals surface area contributed by atoms with Gasteiger partial charge in [-0.2, -0.15) is 13.8 Å². The quantitative estimate of drug-likeness (QED) is 0.235. The van der Waals surface area contributed by atoms with Crippen LogP contribution in [0.25, 0.3) is 10.6 Å². The number of ether oxygens (including phenoxy) is 3. The van der Waals surface area contributed by atoms with Gasteiger partial charge in [-0.15, -0.1) is 0 Å². The predicted molar refractivity (Wildman–Crippen MR) is 171 cm³/mol. The van der Waals surface area contributed by atoms with Crippen LogP contribution in [0, 0.1) is 47.3 Å². The van der Waals surface area contributed by atoms with Crippen LogP contribution < -0.4 is 0 Å². The summed E-state index contributed by atoms with van der Waals surface area (Å²) in [6, 6.07) is 0. The molecule has 20 heteroatoms. The summed E-state index contributed by atoms with van der Waals surface area (Å²) >= 11 is 14.7. The van der Waals surface area contributed by atoms with Gasteiger partial charge in [0.15, 0.2) is 0 Å². The monoisotopic (exact) mass is 898 g/mol. The van der Waals surface area contributed by atoms with Crippen LogP contribution >= 0.6 is 0 Å². The summed E-state index contributed by atoms with van der Waals surface area (Å²) in [6.07, 6.45) is 2.01. The summed E-state index contributed by atoms with van der Waals surface area (Å²) in [5, 5.41) is 17.0. The summed E-state index contributed by atoms with van der Waals surface area (Å²) < 4.78 is 15.7. The number of esters is 2. The molecular formula is C28H36N2O12S4Y2-4. The average Bonchev–Trinajstić information content (AvgIpc) is 3.81. The molecular weight excluding hydrogens is 862 g/mol. The van der Waals surface area contributed by atoms with Crippen molar-refractivity contribution >= 4 is 92.9 Å². The largest absolute Gasteiger partial charge is 0.595 e. The smallest absolute Gasteiger partial charge is 0.303 e. The molecule has 2 radical (unpaired) electrons. The van der Waals surface area contributed by atoms with Gasteiger partial charge in [0.1, 0.15) is 12.2 Å². The van der Waals surface area contributed by atoms with E-state index in [0.717, 1.165) is 0 Å². The number of rotatable bonds is 3. The Hall–Kier alpha value is -0.432. The van der Waals surface area contributed by atoms with Gasteiger partial charge >= 0.3 is 11.9 Å². The molecule has 0 aromatic rings. The second-order valence-electron chi connectivity index (χ2n) is 10.6. The van der Waals surface area contributed by atoms with E-state index in [-0.39, 0.29) is 126 Å². The summed E-state index contributed by atoms with van der Waals surface area (Å²) in [4.78, 5) is 86.0. The van der Waals surface area contributed by atoms with Crippen LogP contribution in [0.2, 0.25) is 0 Å². The van der Waals surface area contributed by atoms with Crippen molar-refractivity contribution in [2.75, 3.05) is 7.11 Å². The second kappa shape index (κ2) is 24.7. The molecule has 4 amide bonds. The fraction of sp³-hybridized carbons (Fsp3) is 0.714. The molecule has 12 atom stereocenters. The summed E-state index contributed by atoms with van der Waals surface area (Å²) in [5.41, 5.74) is 0. The number of carbonyl (C=O) groups excluding carboxylic acids is 8. The SMILES string of the molecule is C.CC(=O)OC1C(O)C2CC1C1C(=O)[N-]C(=O)C21.COC1C2CC(C1OC(C)=O)C1C(=O)[N-]C(=O)C21.C[C-]=O.C[C-]=O.S=S.S=S.[Y].[Y]. The van der Waals surface area contributed by atoms with Gasteiger partial charge in [0.05, 0.1) is 35.8 Å². The number of nitrogens with zero attached hydrogens (tertiary/aromatic N) is 2. The molecule has 0 aromatic carbocycles. The van der Waals surface area contributed by atoms with Crippen molar-refractivity contribution in [1.29, 1.82) is 0 Å². The van der Waals surface area contributed by atoms with Gasteiger partial charge in [0.25, 0.3) is 0 Å². The molecule has 4 saturated carbocycles. The Labute approximate surface area is 349 Å². The van der Waals surface area contributed by atoms with E-state index in [1.54, 1.807) is 0 Å². The predicted octanol–water partition coefficient (Wildman–Crippen LogP) is 0.711. The minimum atomic E-state index is -0.852. The van der Waals surface area contributed by atoms with Crippen molar-refractivity contribution in [1.82, 2.24) is 0 Å². The summed E-state index contributed by atoms with van der Waals surface area (Å²) in [6.45, 7) is 5.24. The fourth-order valence-corrected chi connectivity index (χ4v) is 7.50. The molecule has 6 fully saturated rings. The van der Waals surface area contributed by atoms with Gasteiger partial charge in [0, 0.05) is 167 Å². The van der Waals surface area contributed by atoms with Gasteiger partial charge in [-0.3, -0.25) is 22.2 Å². The molecule has 12 unspecified atom stereocenters. The van der Waals surface area contributed by atoms with Crippen molar-refractivity contribution in [2.24, 2.45) is 47.3 Å². The molecule has 6 aliphatic rings. The van der Waals surface area contributed by atoms with Crippen molar-refractivity contribution in [3.8, 4) is 0 Å². The third-order valence-electron chi connectivity index (χ3n) is 8.53. The Bertz CT molecular complexity index is 1160. The van der Waals surface area contributed by atoms with Crippen LogP contribution in [0.4, 0.5) is 0 Å². The molecule has 264 valence electrons. The standard InChI is InChI=1S/C12H15NO5.C11H13NO5.2C2H3O.CH4.2S2.2Y/c1-4(14)18-10-6-3-5(9(10)17-2)7-8(6)12(16)13-11(7)15;1-3(13)17-9-5-2-4(8(9)14)6-7(5)11(16)12-10(6)15;2*1-2-3;;2*1-2;;/h5-10H,3H2,1-2H3,(H,13,15,16);4-9,14H,2H2,1H3,(H,12,15,16);2*1H3;1H4;;;;/q;;2*-1;;;;;/p-2. The first-order valence-electron chi connectivity index (χ1n) is 13.4. The number of methoxy groups -OCH3 is 1. The third kappa shape index (κ3) is 11.3. The molecule has 2 saturated heterocycles. The van der Waals surface area contributed by atoms with Crippen LogP contribution in [0.3, 0.4) is 0 Å². The zero-order valence-corrected chi connectivity index (χ0v) is 34.9. The van der Waals surface area contributed by atoms with Gasteiger partial charge in [-0.25, -0.2) is 0 Å². The maximum atomic E-state index is 11.7. The van der Waals surface area contributed by atoms with Gasteiger partial charge in [-0.1, -0.05) is 7.43 Å². The van der Waals surface area contributed by atoms with Crippen molar-refractivity contribution < 1.29 is 123 Å². The van der Waals surface area contributed by atoms with E-state index in [1.165, 1.54) is 47.4 Å². The zero-order valence-electron chi connectivity index (χ0n) is 26.0. The van der Waals surface area contributed by atoms with E-state index in [4.69, 9.17) is 23.8 Å². The van der Waals surface area contributed by atoms with Crippen LogP contribution in [0.5, 0.6) is 0 Å². The van der Waals surface area contributed by atoms with Crippen molar-refractivity contribution in [3.63, 3.8) is 0 Å². The molecule has 48 heavy (non-hydrogen) atoms. The van der Waals surface area contributed by atoms with Crippen molar-refractivity contribution in [2.45, 2.75) is 72.4 Å². The van der Waals surface area contributed by atoms with Crippen LogP contribution in [-0.2, 0) is 163 Å². The minimum Gasteiger partial charge on any atom is -0.595 e. The van der Waals surface area contributed by atoms with Gasteiger partial charge in [0.2, 0.25) is 0 Å². The minimum absolute atomic E-state index is 0. The van der Waals surface area contributed by atoms with E-state index < -0.39 is 53.8 Å². The topological polar surface area (TPSA) is 213 Å². The normalized spacial score (nSPS) is 34.2. The van der Waals surface area contributed by atoms with E-state index in [1.807, 2.05) is 0 Å². The first-order valence-corrected chi connectivity index (χ1v) is 16.1. The van der Waals surface area contributed by atoms with Crippen LogP contribution in [0.15, 0.2) is 0 Å². The van der Waals surface area contributed by atoms with Gasteiger partial charge in [-0.05, 0) is 24.7 Å². The Morgan fingerprint density at radius 1 is 0.667 bits per heavy atom. The molecule has 0 spiro atoms. The van der Waals surface area contributed by atoms with E-state index in [9.17, 15) is 33.9 Å². The fourth-order valence-electron chi connectivity index (χ4n) is 7.50. The molecule has 4 aliphatic carbocycles. The molecule has 0 aromatic heterocycles. The van der Waals surface area contributed by atoms with E-state index in [0.29, 0.717) is 12.8 Å². The molecule has 2 heterocycles. The molecule has 6 rings (SSSR count). The number of imide groups is 2. The maximum Gasteiger partial charge on any atom is 0.303 e. The Morgan fingerprint density at radius 2 is 0.938 bits per heavy atom. The Morgan fingerprint density at radius 3 is 1.27 bits per heavy atom. The number of fused-ring (bicyclic) bond motifs is 10. The van der Waals surface area contributed by atoms with E-state index >= 15 is 0 Å². The number of hydrogen-bond acceptors (Lipinski definition) is 16. The molecule has 14 nitrogen and oxygen atoms in total. The molecule has 1 N–H and O–H groups in total. The zero-order chi connectivity index (χ0) is 34.8. The number of aliphatic hydroxyl groups excluding tert-OH is 1. The summed E-state index contributed by atoms with van der Waals surface area (Å²) in [7, 11) is 1.54. The first kappa shape index (κ1) is 51.9. The maximum absolute atomic E-state index is 11.7. The van der Waals surface area contributed by atoms with Crippen LogP contribution in [-0.4, -0.2) is 84.8 Å². The molecule has 4 bridgehead atoms. The van der Waals surface area contributed by atoms with Crippen LogP contribution in [0.1, 0.15) is 48.0 Å². The second-order valence-corrected chi connectivity index (χ2v) is 10.6. The van der Waals surface area contributed by atoms with E-state index in [2.05, 4.69) is 55.4 Å². The third-order valence-corrected chi connectivity index (χ3v) is 8.53. The number of hydrogen-bond donors (Lipinski definition) is 1. The summed E-state index contributed by atoms with van der Waals surface area (Å²) in [5.74, 6) is -4.88.